The third-order valence-electron chi connectivity index (χ3n) is 6.50. The Morgan fingerprint density at radius 2 is 1.74 bits per heavy atom. The van der Waals surface area contributed by atoms with E-state index >= 15 is 0 Å². The highest BCUT2D eigenvalue weighted by molar-refractivity contribution is 6.10. The highest BCUT2D eigenvalue weighted by Gasteiger charge is 2.18. The lowest BCUT2D eigenvalue weighted by Crippen LogP contribution is -2.35. The number of nitrogens with one attached hydrogen (secondary N) is 1. The lowest BCUT2D eigenvalue weighted by Gasteiger charge is -2.26. The van der Waals surface area contributed by atoms with Gasteiger partial charge in [0.1, 0.15) is 18.2 Å². The van der Waals surface area contributed by atoms with Crippen molar-refractivity contribution < 1.29 is 19.1 Å². The fourth-order valence-corrected chi connectivity index (χ4v) is 4.30. The van der Waals surface area contributed by atoms with E-state index < -0.39 is 5.91 Å². The number of carbonyl (C=O) groups is 2. The number of rotatable bonds is 8. The Balaban J connectivity index is 1.41. The summed E-state index contributed by atoms with van der Waals surface area (Å²) in [5.41, 5.74) is 3.78. The number of amides is 2. The van der Waals surface area contributed by atoms with Crippen molar-refractivity contribution in [3.8, 4) is 17.6 Å². The zero-order valence-electron chi connectivity index (χ0n) is 21.7. The van der Waals surface area contributed by atoms with Crippen molar-refractivity contribution in [2.24, 2.45) is 0 Å². The SMILES string of the molecule is COc1cc(/C=C(/C#N)C(=O)Nc2ccccc2C)ccc1OCc1ccc(C(=O)N2CCCCC2)cc1. The molecule has 0 spiro atoms. The third-order valence-corrected chi connectivity index (χ3v) is 6.50. The van der Waals surface area contributed by atoms with Gasteiger partial charge in [0, 0.05) is 24.3 Å². The number of methoxy groups -OCH3 is 1. The minimum absolute atomic E-state index is 0.0248. The molecule has 1 fully saturated rings. The first-order chi connectivity index (χ1) is 18.5. The summed E-state index contributed by atoms with van der Waals surface area (Å²) in [6.45, 7) is 3.83. The van der Waals surface area contributed by atoms with E-state index in [9.17, 15) is 14.9 Å². The maximum atomic E-state index is 12.7. The van der Waals surface area contributed by atoms with E-state index in [4.69, 9.17) is 9.47 Å². The fourth-order valence-electron chi connectivity index (χ4n) is 4.30. The molecule has 0 aliphatic carbocycles. The number of para-hydroxylation sites is 1. The van der Waals surface area contributed by atoms with Gasteiger partial charge in [-0.1, -0.05) is 36.4 Å². The number of aryl methyl sites for hydroxylation is 1. The highest BCUT2D eigenvalue weighted by atomic mass is 16.5. The average molecular weight is 510 g/mol. The molecule has 4 rings (SSSR count). The van der Waals surface area contributed by atoms with Crippen molar-refractivity contribution in [2.75, 3.05) is 25.5 Å². The van der Waals surface area contributed by atoms with Gasteiger partial charge in [-0.05, 0) is 79.3 Å². The van der Waals surface area contributed by atoms with Crippen molar-refractivity contribution in [3.63, 3.8) is 0 Å². The molecule has 7 heteroatoms. The van der Waals surface area contributed by atoms with E-state index in [0.717, 1.165) is 37.1 Å². The first-order valence-electron chi connectivity index (χ1n) is 12.7. The van der Waals surface area contributed by atoms with Gasteiger partial charge in [0.2, 0.25) is 0 Å². The molecule has 3 aromatic carbocycles. The molecule has 0 atom stereocenters. The molecule has 7 nitrogen and oxygen atoms in total. The van der Waals surface area contributed by atoms with Crippen LogP contribution in [0.5, 0.6) is 11.5 Å². The number of ether oxygens (including phenoxy) is 2. The molecule has 2 amide bonds. The zero-order chi connectivity index (χ0) is 26.9. The van der Waals surface area contributed by atoms with Gasteiger partial charge in [0.25, 0.3) is 11.8 Å². The number of piperidine rings is 1. The van der Waals surface area contributed by atoms with E-state index in [2.05, 4.69) is 5.32 Å². The maximum absolute atomic E-state index is 12.7. The van der Waals surface area contributed by atoms with E-state index in [1.807, 2.05) is 60.4 Å². The number of nitriles is 1. The van der Waals surface area contributed by atoms with Gasteiger partial charge in [-0.15, -0.1) is 0 Å². The molecule has 38 heavy (non-hydrogen) atoms. The summed E-state index contributed by atoms with van der Waals surface area (Å²) in [5.74, 6) is 0.600. The summed E-state index contributed by atoms with van der Waals surface area (Å²) < 4.78 is 11.5. The van der Waals surface area contributed by atoms with E-state index in [1.54, 1.807) is 24.3 Å². The average Bonchev–Trinajstić information content (AvgIpc) is 2.96. The van der Waals surface area contributed by atoms with Crippen LogP contribution in [0.4, 0.5) is 5.69 Å². The summed E-state index contributed by atoms with van der Waals surface area (Å²) in [4.78, 5) is 27.3. The van der Waals surface area contributed by atoms with Crippen LogP contribution in [0.15, 0.2) is 72.3 Å². The predicted octanol–water partition coefficient (Wildman–Crippen LogP) is 5.75. The molecule has 1 N–H and O–H groups in total. The lowest BCUT2D eigenvalue weighted by molar-refractivity contribution is -0.112. The molecule has 0 bridgehead atoms. The second-order valence-corrected chi connectivity index (χ2v) is 9.19. The van der Waals surface area contributed by atoms with E-state index in [-0.39, 0.29) is 11.5 Å². The summed E-state index contributed by atoms with van der Waals surface area (Å²) in [6.07, 6.45) is 4.82. The van der Waals surface area contributed by atoms with Gasteiger partial charge in [-0.25, -0.2) is 0 Å². The van der Waals surface area contributed by atoms with Crippen molar-refractivity contribution in [1.29, 1.82) is 5.26 Å². The quantitative estimate of drug-likeness (QED) is 0.308. The summed E-state index contributed by atoms with van der Waals surface area (Å²) in [7, 11) is 1.53. The van der Waals surface area contributed by atoms with Gasteiger partial charge >= 0.3 is 0 Å². The predicted molar refractivity (Wildman–Crippen MR) is 147 cm³/mol. The number of hydrogen-bond donors (Lipinski definition) is 1. The van der Waals surface area contributed by atoms with Crippen LogP contribution in [0, 0.1) is 18.3 Å². The molecule has 3 aromatic rings. The second kappa shape index (κ2) is 12.6. The Hall–Kier alpha value is -4.57. The van der Waals surface area contributed by atoms with Crippen LogP contribution in [0.3, 0.4) is 0 Å². The maximum Gasteiger partial charge on any atom is 0.266 e. The number of likely N-dealkylation sites (tertiary alicyclic amines) is 1. The van der Waals surface area contributed by atoms with Crippen LogP contribution >= 0.6 is 0 Å². The van der Waals surface area contributed by atoms with Crippen LogP contribution in [-0.4, -0.2) is 36.9 Å². The Kier molecular flexibility index (Phi) is 8.78. The largest absolute Gasteiger partial charge is 0.493 e. The van der Waals surface area contributed by atoms with E-state index in [0.29, 0.717) is 34.9 Å². The van der Waals surface area contributed by atoms with Gasteiger partial charge in [0.05, 0.1) is 7.11 Å². The van der Waals surface area contributed by atoms with Crippen LogP contribution in [0.1, 0.15) is 46.3 Å². The number of anilines is 1. The molecule has 194 valence electrons. The number of hydrogen-bond acceptors (Lipinski definition) is 5. The topological polar surface area (TPSA) is 91.7 Å². The molecule has 0 aromatic heterocycles. The van der Waals surface area contributed by atoms with E-state index in [1.165, 1.54) is 19.6 Å². The molecule has 1 aliphatic heterocycles. The second-order valence-electron chi connectivity index (χ2n) is 9.19. The third kappa shape index (κ3) is 6.60. The smallest absolute Gasteiger partial charge is 0.266 e. The Bertz CT molecular complexity index is 1370. The fraction of sp³-hybridized carbons (Fsp3) is 0.258. The van der Waals surface area contributed by atoms with Crippen LogP contribution in [0.2, 0.25) is 0 Å². The Morgan fingerprint density at radius 3 is 2.42 bits per heavy atom. The molecular weight excluding hydrogens is 478 g/mol. The Morgan fingerprint density at radius 1 is 1.00 bits per heavy atom. The summed E-state index contributed by atoms with van der Waals surface area (Å²) in [6, 6.07) is 22.0. The highest BCUT2D eigenvalue weighted by Crippen LogP contribution is 2.30. The molecule has 1 saturated heterocycles. The lowest BCUT2D eigenvalue weighted by atomic mass is 10.1. The Labute approximate surface area is 223 Å². The summed E-state index contributed by atoms with van der Waals surface area (Å²) >= 11 is 0. The van der Waals surface area contributed by atoms with Gasteiger partial charge in [0.15, 0.2) is 11.5 Å². The van der Waals surface area contributed by atoms with Gasteiger partial charge in [-0.2, -0.15) is 5.26 Å². The number of benzene rings is 3. The first kappa shape index (κ1) is 26.5. The molecule has 0 unspecified atom stereocenters. The molecule has 1 aliphatic rings. The zero-order valence-corrected chi connectivity index (χ0v) is 21.7. The van der Waals surface area contributed by atoms with Crippen molar-refractivity contribution >= 4 is 23.6 Å². The minimum atomic E-state index is -0.483. The monoisotopic (exact) mass is 509 g/mol. The van der Waals surface area contributed by atoms with Gasteiger partial charge in [-0.3, -0.25) is 9.59 Å². The molecule has 0 radical (unpaired) electrons. The van der Waals surface area contributed by atoms with Crippen molar-refractivity contribution in [3.05, 3.63) is 94.6 Å². The van der Waals surface area contributed by atoms with Crippen LogP contribution in [-0.2, 0) is 11.4 Å². The summed E-state index contributed by atoms with van der Waals surface area (Å²) in [5, 5.41) is 12.3. The standard InChI is InChI=1S/C31H31N3O4/c1-22-8-4-5-9-27(22)33-30(35)26(20-32)18-24-12-15-28(29(19-24)37-2)38-21-23-10-13-25(14-11-23)31(36)34-16-6-3-7-17-34/h4-5,8-15,18-19H,3,6-7,16-17,21H2,1-2H3,(H,33,35)/b26-18-. The van der Waals surface area contributed by atoms with Crippen molar-refractivity contribution in [2.45, 2.75) is 32.8 Å². The molecule has 1 heterocycles. The number of nitrogens with zero attached hydrogens (tertiary/aromatic N) is 2. The molecular formula is C31H31N3O4. The minimum Gasteiger partial charge on any atom is -0.493 e. The molecule has 0 saturated carbocycles. The first-order valence-corrected chi connectivity index (χ1v) is 12.7. The number of carbonyl (C=O) groups excluding carboxylic acids is 2. The van der Waals surface area contributed by atoms with Gasteiger partial charge < -0.3 is 19.7 Å². The normalized spacial score (nSPS) is 13.4. The van der Waals surface area contributed by atoms with Crippen LogP contribution < -0.4 is 14.8 Å². The van der Waals surface area contributed by atoms with Crippen molar-refractivity contribution in [1.82, 2.24) is 4.90 Å². The van der Waals surface area contributed by atoms with Crippen LogP contribution in [0.25, 0.3) is 6.08 Å².